The van der Waals surface area contributed by atoms with Gasteiger partial charge in [0.2, 0.25) is 5.91 Å². The van der Waals surface area contributed by atoms with Crippen LogP contribution in [-0.2, 0) is 14.3 Å². The van der Waals surface area contributed by atoms with Crippen LogP contribution in [0.25, 0.3) is 0 Å². The van der Waals surface area contributed by atoms with Crippen LogP contribution in [0.1, 0.15) is 25.0 Å². The summed E-state index contributed by atoms with van der Waals surface area (Å²) in [5, 5.41) is 6.52. The summed E-state index contributed by atoms with van der Waals surface area (Å²) in [6.45, 7) is 4.27. The molecule has 2 aliphatic heterocycles. The molecule has 1 N–H and O–H groups in total. The van der Waals surface area contributed by atoms with Crippen LogP contribution in [-0.4, -0.2) is 54.6 Å². The first kappa shape index (κ1) is 14.5. The number of likely N-dealkylation sites (tertiary alicyclic amines) is 1. The van der Waals surface area contributed by atoms with Crippen molar-refractivity contribution >= 4 is 11.7 Å². The summed E-state index contributed by atoms with van der Waals surface area (Å²) in [6, 6.07) is 1.86. The van der Waals surface area contributed by atoms with Crippen LogP contribution in [0.4, 0.5) is 5.82 Å². The Hall–Kier alpha value is -1.44. The largest absolute Gasteiger partial charge is 0.360 e. The fraction of sp³-hybridized carbons (Fsp3) is 0.714. The third-order valence-electron chi connectivity index (χ3n) is 3.87. The third kappa shape index (κ3) is 3.61. The Labute approximate surface area is 123 Å². The predicted octanol–water partition coefficient (Wildman–Crippen LogP) is 1.15. The van der Waals surface area contributed by atoms with E-state index in [0.29, 0.717) is 31.3 Å². The lowest BCUT2D eigenvalue weighted by Crippen LogP contribution is -2.50. The average molecular weight is 295 g/mol. The maximum atomic E-state index is 12.1. The van der Waals surface area contributed by atoms with Crippen molar-refractivity contribution in [1.29, 1.82) is 0 Å². The van der Waals surface area contributed by atoms with E-state index in [1.54, 1.807) is 13.0 Å². The number of ether oxygens (including phenoxy) is 2. The van der Waals surface area contributed by atoms with Gasteiger partial charge in [0.15, 0.2) is 12.1 Å². The quantitative estimate of drug-likeness (QED) is 0.898. The number of rotatable bonds is 4. The number of hydrogen-bond acceptors (Lipinski definition) is 6. The molecule has 21 heavy (non-hydrogen) atoms. The first-order chi connectivity index (χ1) is 10.2. The predicted molar refractivity (Wildman–Crippen MR) is 74.8 cm³/mol. The third-order valence-corrected chi connectivity index (χ3v) is 3.87. The van der Waals surface area contributed by atoms with Gasteiger partial charge in [0, 0.05) is 6.07 Å². The highest BCUT2D eigenvalue weighted by Crippen LogP contribution is 2.24. The van der Waals surface area contributed by atoms with Crippen molar-refractivity contribution in [2.75, 3.05) is 31.6 Å². The normalized spacial score (nSPS) is 24.3. The number of nitrogens with one attached hydrogen (secondary N) is 1. The van der Waals surface area contributed by atoms with Gasteiger partial charge in [-0.2, -0.15) is 0 Å². The number of nitrogens with zero attached hydrogens (tertiary/aromatic N) is 2. The molecule has 2 fully saturated rings. The van der Waals surface area contributed by atoms with Crippen LogP contribution in [0.2, 0.25) is 0 Å². The van der Waals surface area contributed by atoms with Crippen molar-refractivity contribution in [2.45, 2.75) is 38.5 Å². The summed E-state index contributed by atoms with van der Waals surface area (Å²) in [5.74, 6) is 1.04. The molecule has 3 rings (SSSR count). The molecule has 0 saturated carbocycles. The van der Waals surface area contributed by atoms with Gasteiger partial charge in [-0.25, -0.2) is 0 Å². The zero-order valence-corrected chi connectivity index (χ0v) is 12.2. The van der Waals surface area contributed by atoms with Gasteiger partial charge < -0.3 is 19.3 Å². The second-order valence-corrected chi connectivity index (χ2v) is 5.51. The highest BCUT2D eigenvalue weighted by atomic mass is 16.7. The van der Waals surface area contributed by atoms with Gasteiger partial charge in [-0.1, -0.05) is 11.6 Å². The summed E-state index contributed by atoms with van der Waals surface area (Å²) in [7, 11) is 0. The Balaban J connectivity index is 1.57. The first-order valence-electron chi connectivity index (χ1n) is 7.43. The van der Waals surface area contributed by atoms with Gasteiger partial charge >= 0.3 is 0 Å². The van der Waals surface area contributed by atoms with Crippen molar-refractivity contribution in [3.05, 3.63) is 11.8 Å². The van der Waals surface area contributed by atoms with Crippen LogP contribution in [0.5, 0.6) is 0 Å². The molecular formula is C14H21N3O4. The van der Waals surface area contributed by atoms with Crippen LogP contribution in [0.15, 0.2) is 10.6 Å². The Morgan fingerprint density at radius 3 is 2.95 bits per heavy atom. The number of aromatic nitrogens is 1. The van der Waals surface area contributed by atoms with E-state index >= 15 is 0 Å². The molecule has 0 bridgehead atoms. The summed E-state index contributed by atoms with van der Waals surface area (Å²) in [4.78, 5) is 14.3. The highest BCUT2D eigenvalue weighted by Gasteiger charge is 2.34. The van der Waals surface area contributed by atoms with Gasteiger partial charge in [-0.05, 0) is 26.3 Å². The zero-order chi connectivity index (χ0) is 14.7. The molecule has 2 aliphatic rings. The van der Waals surface area contributed by atoms with E-state index in [4.69, 9.17) is 14.0 Å². The smallest absolute Gasteiger partial charge is 0.239 e. The lowest BCUT2D eigenvalue weighted by molar-refractivity contribution is -0.127. The van der Waals surface area contributed by atoms with Crippen molar-refractivity contribution in [1.82, 2.24) is 10.1 Å². The summed E-state index contributed by atoms with van der Waals surface area (Å²) >= 11 is 0. The molecule has 1 aromatic rings. The molecule has 1 aromatic heterocycles. The molecule has 0 aliphatic carbocycles. The first-order valence-corrected chi connectivity index (χ1v) is 7.43. The molecule has 0 radical (unpaired) electrons. The fourth-order valence-corrected chi connectivity index (χ4v) is 2.91. The van der Waals surface area contributed by atoms with Crippen molar-refractivity contribution in [3.63, 3.8) is 0 Å². The molecule has 1 unspecified atom stereocenters. The number of amides is 1. The maximum Gasteiger partial charge on any atom is 0.239 e. The van der Waals surface area contributed by atoms with Crippen molar-refractivity contribution in [2.24, 2.45) is 0 Å². The number of aryl methyl sites for hydroxylation is 1. The molecule has 1 amide bonds. The topological polar surface area (TPSA) is 76.8 Å². The molecule has 3 heterocycles. The molecular weight excluding hydrogens is 274 g/mol. The molecule has 7 nitrogen and oxygen atoms in total. The number of anilines is 1. The Kier molecular flexibility index (Phi) is 4.52. The fourth-order valence-electron chi connectivity index (χ4n) is 2.91. The SMILES string of the molecule is Cc1cc(NC(=O)CN2CCCCC2C2OCCO2)no1. The van der Waals surface area contributed by atoms with Gasteiger partial charge in [-0.3, -0.25) is 9.69 Å². The molecule has 2 saturated heterocycles. The molecule has 116 valence electrons. The Morgan fingerprint density at radius 1 is 1.43 bits per heavy atom. The van der Waals surface area contributed by atoms with Crippen LogP contribution in [0.3, 0.4) is 0 Å². The van der Waals surface area contributed by atoms with Crippen LogP contribution >= 0.6 is 0 Å². The van der Waals surface area contributed by atoms with Crippen LogP contribution in [0, 0.1) is 6.92 Å². The van der Waals surface area contributed by atoms with E-state index in [9.17, 15) is 4.79 Å². The average Bonchev–Trinajstić information content (AvgIpc) is 3.11. The number of hydrogen-bond donors (Lipinski definition) is 1. The minimum absolute atomic E-state index is 0.0896. The van der Waals surface area contributed by atoms with Gasteiger partial charge in [0.05, 0.1) is 25.8 Å². The van der Waals surface area contributed by atoms with Gasteiger partial charge in [-0.15, -0.1) is 0 Å². The second-order valence-electron chi connectivity index (χ2n) is 5.51. The second kappa shape index (κ2) is 6.55. The van der Waals surface area contributed by atoms with E-state index in [1.165, 1.54) is 0 Å². The number of carbonyl (C=O) groups is 1. The van der Waals surface area contributed by atoms with E-state index in [2.05, 4.69) is 15.4 Å². The van der Waals surface area contributed by atoms with Crippen molar-refractivity contribution in [3.8, 4) is 0 Å². The minimum Gasteiger partial charge on any atom is -0.360 e. The summed E-state index contributed by atoms with van der Waals surface area (Å²) in [6.07, 6.45) is 3.04. The Morgan fingerprint density at radius 2 is 2.24 bits per heavy atom. The zero-order valence-electron chi connectivity index (χ0n) is 12.2. The Bertz CT molecular complexity index is 484. The van der Waals surface area contributed by atoms with Gasteiger partial charge in [0.25, 0.3) is 0 Å². The minimum atomic E-state index is -0.201. The molecule has 1 atom stereocenters. The lowest BCUT2D eigenvalue weighted by atomic mass is 10.0. The molecule has 0 aromatic carbocycles. The molecule has 0 spiro atoms. The lowest BCUT2D eigenvalue weighted by Gasteiger charge is -2.37. The van der Waals surface area contributed by atoms with E-state index in [0.717, 1.165) is 25.8 Å². The van der Waals surface area contributed by atoms with E-state index in [1.807, 2.05) is 0 Å². The van der Waals surface area contributed by atoms with Crippen molar-refractivity contribution < 1.29 is 18.8 Å². The summed E-state index contributed by atoms with van der Waals surface area (Å²) < 4.78 is 16.1. The van der Waals surface area contributed by atoms with Gasteiger partial charge in [0.1, 0.15) is 5.76 Å². The monoisotopic (exact) mass is 295 g/mol. The summed E-state index contributed by atoms with van der Waals surface area (Å²) in [5.41, 5.74) is 0. The standard InChI is InChI=1S/C14H21N3O4/c1-10-8-12(16-21-10)15-13(18)9-17-5-3-2-4-11(17)14-19-6-7-20-14/h8,11,14H,2-7,9H2,1H3,(H,15,16,18). The van der Waals surface area contributed by atoms with Crippen LogP contribution < -0.4 is 5.32 Å². The highest BCUT2D eigenvalue weighted by molar-refractivity contribution is 5.91. The molecule has 7 heteroatoms. The maximum absolute atomic E-state index is 12.1. The number of carbonyl (C=O) groups excluding carboxylic acids is 1. The van der Waals surface area contributed by atoms with E-state index < -0.39 is 0 Å². The number of piperidine rings is 1. The van der Waals surface area contributed by atoms with E-state index in [-0.39, 0.29) is 18.2 Å².